The van der Waals surface area contributed by atoms with Crippen molar-refractivity contribution in [1.82, 2.24) is 0 Å². The minimum absolute atomic E-state index is 0.414. The molecule has 0 fully saturated rings. The normalized spacial score (nSPS) is 11.1. The van der Waals surface area contributed by atoms with E-state index >= 15 is 0 Å². The molecular formula is C29H28N2O3. The number of benzene rings is 4. The van der Waals surface area contributed by atoms with E-state index in [1.807, 2.05) is 37.3 Å². The monoisotopic (exact) mass is 452 g/mol. The third-order valence-corrected chi connectivity index (χ3v) is 5.49. The van der Waals surface area contributed by atoms with Gasteiger partial charge in [0.05, 0.1) is 23.5 Å². The van der Waals surface area contributed by atoms with Gasteiger partial charge in [0, 0.05) is 0 Å². The molecule has 4 aromatic carbocycles. The third kappa shape index (κ3) is 6.07. The van der Waals surface area contributed by atoms with E-state index in [-0.39, 0.29) is 0 Å². The number of rotatable bonds is 9. The molecule has 0 amide bonds. The molecule has 4 rings (SSSR count). The fraction of sp³-hybridized carbons (Fsp3) is 0.207. The van der Waals surface area contributed by atoms with Crippen molar-refractivity contribution in [3.63, 3.8) is 0 Å². The number of hydrogen-bond acceptors (Lipinski definition) is 5. The number of aryl methyl sites for hydroxylation is 1. The first-order valence-corrected chi connectivity index (χ1v) is 11.6. The average Bonchev–Trinajstić information content (AvgIpc) is 2.86. The lowest BCUT2D eigenvalue weighted by molar-refractivity contribution is 0.0734. The SMILES string of the molecule is CCCCCOc1ccc(C(=O)Oc2ccc(N=Nc3ccc4ccccc4c3)c(C)c2)cc1. The third-order valence-electron chi connectivity index (χ3n) is 5.49. The first-order valence-electron chi connectivity index (χ1n) is 11.6. The van der Waals surface area contributed by atoms with Gasteiger partial charge >= 0.3 is 5.97 Å². The summed E-state index contributed by atoms with van der Waals surface area (Å²) in [5.74, 6) is 0.805. The summed E-state index contributed by atoms with van der Waals surface area (Å²) in [6.45, 7) is 4.75. The van der Waals surface area contributed by atoms with Crippen LogP contribution in [0.2, 0.25) is 0 Å². The van der Waals surface area contributed by atoms with Crippen LogP contribution >= 0.6 is 0 Å². The van der Waals surface area contributed by atoms with E-state index in [1.165, 1.54) is 0 Å². The van der Waals surface area contributed by atoms with Crippen LogP contribution in [0.5, 0.6) is 11.5 Å². The molecule has 0 spiro atoms. The number of esters is 1. The summed E-state index contributed by atoms with van der Waals surface area (Å²) in [4.78, 5) is 12.5. The summed E-state index contributed by atoms with van der Waals surface area (Å²) >= 11 is 0. The highest BCUT2D eigenvalue weighted by molar-refractivity contribution is 5.91. The summed E-state index contributed by atoms with van der Waals surface area (Å²) in [5.41, 5.74) is 2.84. The van der Waals surface area contributed by atoms with Crippen LogP contribution in [-0.4, -0.2) is 12.6 Å². The highest BCUT2D eigenvalue weighted by Crippen LogP contribution is 2.28. The van der Waals surface area contributed by atoms with Gasteiger partial charge in [-0.15, -0.1) is 0 Å². The molecular weight excluding hydrogens is 424 g/mol. The number of fused-ring (bicyclic) bond motifs is 1. The molecule has 0 unspecified atom stereocenters. The maximum Gasteiger partial charge on any atom is 0.343 e. The molecule has 0 aliphatic heterocycles. The first-order chi connectivity index (χ1) is 16.6. The van der Waals surface area contributed by atoms with Crippen molar-refractivity contribution in [3.05, 3.63) is 96.1 Å². The maximum absolute atomic E-state index is 12.5. The fourth-order valence-corrected chi connectivity index (χ4v) is 3.55. The second-order valence-electron chi connectivity index (χ2n) is 8.15. The van der Waals surface area contributed by atoms with E-state index in [2.05, 4.69) is 29.3 Å². The summed E-state index contributed by atoms with van der Waals surface area (Å²) in [7, 11) is 0. The maximum atomic E-state index is 12.5. The van der Waals surface area contributed by atoms with Crippen molar-refractivity contribution in [2.75, 3.05) is 6.61 Å². The predicted octanol–water partition coefficient (Wildman–Crippen LogP) is 8.35. The Hall–Kier alpha value is -3.99. The molecule has 0 heterocycles. The molecule has 0 N–H and O–H groups in total. The molecule has 4 aromatic rings. The summed E-state index contributed by atoms with van der Waals surface area (Å²) < 4.78 is 11.2. The Labute approximate surface area is 200 Å². The number of carbonyl (C=O) groups excluding carboxylic acids is 1. The molecule has 5 heteroatoms. The Morgan fingerprint density at radius 3 is 2.32 bits per heavy atom. The zero-order valence-electron chi connectivity index (χ0n) is 19.5. The van der Waals surface area contributed by atoms with Crippen LogP contribution in [0.1, 0.15) is 42.1 Å². The number of hydrogen-bond donors (Lipinski definition) is 0. The van der Waals surface area contributed by atoms with Gasteiger partial charge in [-0.25, -0.2) is 4.79 Å². The molecule has 5 nitrogen and oxygen atoms in total. The van der Waals surface area contributed by atoms with E-state index in [9.17, 15) is 4.79 Å². The van der Waals surface area contributed by atoms with Gasteiger partial charge in [-0.2, -0.15) is 10.2 Å². The lowest BCUT2D eigenvalue weighted by Crippen LogP contribution is -2.08. The van der Waals surface area contributed by atoms with Crippen LogP contribution in [0.15, 0.2) is 95.2 Å². The van der Waals surface area contributed by atoms with Crippen molar-refractivity contribution in [1.29, 1.82) is 0 Å². The Balaban J connectivity index is 1.37. The van der Waals surface area contributed by atoms with Gasteiger partial charge in [0.2, 0.25) is 0 Å². The molecule has 172 valence electrons. The minimum Gasteiger partial charge on any atom is -0.494 e. The van der Waals surface area contributed by atoms with Gasteiger partial charge < -0.3 is 9.47 Å². The average molecular weight is 453 g/mol. The second-order valence-corrected chi connectivity index (χ2v) is 8.15. The minimum atomic E-state index is -0.414. The molecule has 34 heavy (non-hydrogen) atoms. The van der Waals surface area contributed by atoms with Crippen molar-refractivity contribution in [3.8, 4) is 11.5 Å². The van der Waals surface area contributed by atoms with Gasteiger partial charge in [-0.05, 0) is 84.3 Å². The fourth-order valence-electron chi connectivity index (χ4n) is 3.55. The first kappa shape index (κ1) is 23.2. The van der Waals surface area contributed by atoms with E-state index in [1.54, 1.807) is 42.5 Å². The lowest BCUT2D eigenvalue weighted by Gasteiger charge is -2.08. The number of nitrogens with zero attached hydrogens (tertiary/aromatic N) is 2. The summed E-state index contributed by atoms with van der Waals surface area (Å²) in [5, 5.41) is 11.0. The molecule has 0 aliphatic carbocycles. The number of unbranched alkanes of at least 4 members (excludes halogenated alkanes) is 2. The molecule has 0 aromatic heterocycles. The predicted molar refractivity (Wildman–Crippen MR) is 136 cm³/mol. The molecule has 0 radical (unpaired) electrons. The van der Waals surface area contributed by atoms with Crippen LogP contribution in [-0.2, 0) is 0 Å². The van der Waals surface area contributed by atoms with Crippen molar-refractivity contribution >= 4 is 28.1 Å². The van der Waals surface area contributed by atoms with E-state index in [0.717, 1.165) is 52.7 Å². The van der Waals surface area contributed by atoms with Gasteiger partial charge in [-0.3, -0.25) is 0 Å². The standard InChI is InChI=1S/C29H28N2O3/c1-3-4-7-18-33-26-14-11-23(12-15-26)29(32)34-27-16-17-28(21(2)19-27)31-30-25-13-10-22-8-5-6-9-24(22)20-25/h5-6,8-17,19-20H,3-4,7,18H2,1-2H3. The zero-order chi connectivity index (χ0) is 23.8. The van der Waals surface area contributed by atoms with Crippen molar-refractivity contribution < 1.29 is 14.3 Å². The van der Waals surface area contributed by atoms with Crippen LogP contribution in [0.4, 0.5) is 11.4 Å². The molecule has 0 saturated heterocycles. The van der Waals surface area contributed by atoms with E-state index in [4.69, 9.17) is 9.47 Å². The van der Waals surface area contributed by atoms with Crippen LogP contribution in [0.25, 0.3) is 10.8 Å². The Morgan fingerprint density at radius 1 is 0.794 bits per heavy atom. The molecule has 0 atom stereocenters. The number of azo groups is 1. The largest absolute Gasteiger partial charge is 0.494 e. The molecule has 0 bridgehead atoms. The Morgan fingerprint density at radius 2 is 1.56 bits per heavy atom. The topological polar surface area (TPSA) is 60.2 Å². The quantitative estimate of drug-likeness (QED) is 0.111. The van der Waals surface area contributed by atoms with E-state index < -0.39 is 5.97 Å². The summed E-state index contributed by atoms with van der Waals surface area (Å²) in [6.07, 6.45) is 3.33. The smallest absolute Gasteiger partial charge is 0.343 e. The van der Waals surface area contributed by atoms with E-state index in [0.29, 0.717) is 17.9 Å². The lowest BCUT2D eigenvalue weighted by atomic mass is 10.1. The van der Waals surface area contributed by atoms with Crippen LogP contribution in [0.3, 0.4) is 0 Å². The molecule has 0 aliphatic rings. The number of carbonyl (C=O) groups is 1. The highest BCUT2D eigenvalue weighted by Gasteiger charge is 2.10. The Kier molecular flexibility index (Phi) is 7.66. The van der Waals surface area contributed by atoms with Gasteiger partial charge in [0.15, 0.2) is 0 Å². The zero-order valence-corrected chi connectivity index (χ0v) is 19.5. The number of ether oxygens (including phenoxy) is 2. The summed E-state index contributed by atoms with van der Waals surface area (Å²) in [6, 6.07) is 26.5. The van der Waals surface area contributed by atoms with Gasteiger partial charge in [-0.1, -0.05) is 50.1 Å². The second kappa shape index (κ2) is 11.2. The van der Waals surface area contributed by atoms with Crippen LogP contribution < -0.4 is 9.47 Å². The molecule has 0 saturated carbocycles. The Bertz CT molecular complexity index is 1300. The highest BCUT2D eigenvalue weighted by atomic mass is 16.5. The van der Waals surface area contributed by atoms with Crippen molar-refractivity contribution in [2.45, 2.75) is 33.1 Å². The van der Waals surface area contributed by atoms with Crippen LogP contribution in [0, 0.1) is 6.92 Å². The van der Waals surface area contributed by atoms with Gasteiger partial charge in [0.25, 0.3) is 0 Å². The van der Waals surface area contributed by atoms with Gasteiger partial charge in [0.1, 0.15) is 11.5 Å². The van der Waals surface area contributed by atoms with Crippen molar-refractivity contribution in [2.24, 2.45) is 10.2 Å².